The maximum Gasteiger partial charge on any atom is 0.263 e. The van der Waals surface area contributed by atoms with E-state index in [2.05, 4.69) is 26.0 Å². The Kier molecular flexibility index (Phi) is 20.1. The van der Waals surface area contributed by atoms with E-state index in [1.807, 2.05) is 120 Å². The van der Waals surface area contributed by atoms with Crippen LogP contribution in [0.5, 0.6) is 17.2 Å². The maximum atomic E-state index is 13.4. The minimum Gasteiger partial charge on any atom is -0.497 e. The molecule has 1 unspecified atom stereocenters. The van der Waals surface area contributed by atoms with Crippen LogP contribution in [0, 0.1) is 18.3 Å². The molecule has 1 fully saturated rings. The molecule has 1 amide bonds. The normalized spacial score (nSPS) is 17.0. The van der Waals surface area contributed by atoms with E-state index in [4.69, 9.17) is 47.2 Å². The number of methoxy groups -OCH3 is 2. The van der Waals surface area contributed by atoms with Crippen molar-refractivity contribution in [2.45, 2.75) is 88.2 Å². The average molecular weight is 1120 g/mol. The predicted molar refractivity (Wildman–Crippen MR) is 297 cm³/mol. The lowest BCUT2D eigenvalue weighted by Gasteiger charge is -2.39. The zero-order chi connectivity index (χ0) is 55.9. The van der Waals surface area contributed by atoms with Crippen LogP contribution in [-0.2, 0) is 48.2 Å². The van der Waals surface area contributed by atoms with Gasteiger partial charge in [-0.15, -0.1) is 0 Å². The number of aromatic nitrogens is 4. The highest BCUT2D eigenvalue weighted by molar-refractivity contribution is 7.91. The Morgan fingerprint density at radius 3 is 2.03 bits per heavy atom. The SMILES string of the molecule is COc1ccc(C(OC[C@H]2O[C@@H](n3cnc4c(NC(=O)COc5ccccc5)ncnc43)[C@H](OCOCCS(=O)(=O)c3ccc(C)cc3)[C@@H]2OP(OCCC#N)N(C(C)C)C(C)C)(c2ccccc2)c2ccc(OC)cc2)cc1. The van der Waals surface area contributed by atoms with Gasteiger partial charge >= 0.3 is 0 Å². The first-order valence-corrected chi connectivity index (χ1v) is 28.6. The summed E-state index contributed by atoms with van der Waals surface area (Å²) >= 11 is 0. The van der Waals surface area contributed by atoms with E-state index < -0.39 is 61.2 Å². The molecule has 3 heterocycles. The fourth-order valence-corrected chi connectivity index (χ4v) is 12.1. The van der Waals surface area contributed by atoms with Gasteiger partial charge in [0.2, 0.25) is 0 Å². The summed E-state index contributed by atoms with van der Waals surface area (Å²) in [6.07, 6.45) is -1.28. The Bertz CT molecular complexity index is 3150. The number of amides is 1. The van der Waals surface area contributed by atoms with E-state index >= 15 is 0 Å². The monoisotopic (exact) mass is 1120 g/mol. The van der Waals surface area contributed by atoms with Crippen molar-refractivity contribution in [2.75, 3.05) is 58.5 Å². The number of ether oxygens (including phenoxy) is 7. The lowest BCUT2D eigenvalue weighted by atomic mass is 9.80. The first-order valence-electron chi connectivity index (χ1n) is 25.8. The third-order valence-corrected chi connectivity index (χ3v) is 16.8. The summed E-state index contributed by atoms with van der Waals surface area (Å²) in [5.41, 5.74) is 2.48. The van der Waals surface area contributed by atoms with Gasteiger partial charge in [0.05, 0.1) is 63.5 Å². The van der Waals surface area contributed by atoms with E-state index in [9.17, 15) is 18.5 Å². The van der Waals surface area contributed by atoms with Gasteiger partial charge in [-0.1, -0.05) is 90.5 Å². The largest absolute Gasteiger partial charge is 0.497 e. The fraction of sp³-hybridized carbons (Fsp3) is 0.362. The molecule has 19 nitrogen and oxygen atoms in total. The summed E-state index contributed by atoms with van der Waals surface area (Å²) < 4.78 is 88.8. The van der Waals surface area contributed by atoms with Crippen LogP contribution in [0.15, 0.2) is 151 Å². The lowest BCUT2D eigenvalue weighted by molar-refractivity contribution is -0.135. The quantitative estimate of drug-likeness (QED) is 0.0209. The molecule has 1 aliphatic rings. The number of anilines is 1. The highest BCUT2D eigenvalue weighted by atomic mass is 32.2. The molecular weight excluding hydrogens is 1050 g/mol. The number of hydrogen-bond donors (Lipinski definition) is 1. The zero-order valence-corrected chi connectivity index (χ0v) is 46.9. The van der Waals surface area contributed by atoms with Crippen LogP contribution < -0.4 is 19.5 Å². The topological polar surface area (TPSA) is 217 Å². The van der Waals surface area contributed by atoms with Crippen molar-refractivity contribution in [3.63, 3.8) is 0 Å². The second-order valence-electron chi connectivity index (χ2n) is 19.0. The fourth-order valence-electron chi connectivity index (χ4n) is 9.23. The van der Waals surface area contributed by atoms with Gasteiger partial charge < -0.3 is 47.5 Å². The van der Waals surface area contributed by atoms with Gasteiger partial charge in [-0.05, 0) is 99.8 Å². The van der Waals surface area contributed by atoms with Crippen molar-refractivity contribution >= 4 is 41.3 Å². The summed E-state index contributed by atoms with van der Waals surface area (Å²) in [7, 11) is -2.46. The number of sulfone groups is 1. The number of benzene rings is 5. The Hall–Kier alpha value is -6.89. The van der Waals surface area contributed by atoms with E-state index in [1.165, 1.54) is 12.7 Å². The number of nitrogens with zero attached hydrogens (tertiary/aromatic N) is 6. The van der Waals surface area contributed by atoms with Crippen molar-refractivity contribution < 1.29 is 55.4 Å². The molecule has 0 spiro atoms. The molecule has 1 aliphatic heterocycles. The van der Waals surface area contributed by atoms with E-state index in [0.717, 1.165) is 22.3 Å². The third kappa shape index (κ3) is 14.1. The predicted octanol–water partition coefficient (Wildman–Crippen LogP) is 9.57. The molecule has 79 heavy (non-hydrogen) atoms. The molecule has 0 radical (unpaired) electrons. The molecule has 5 atom stereocenters. The van der Waals surface area contributed by atoms with Crippen molar-refractivity contribution in [1.82, 2.24) is 24.2 Å². The molecule has 8 rings (SSSR count). The number of rotatable bonds is 28. The number of nitrogens with one attached hydrogen (secondary N) is 1. The van der Waals surface area contributed by atoms with Crippen LogP contribution in [0.2, 0.25) is 0 Å². The van der Waals surface area contributed by atoms with Gasteiger partial charge in [0.25, 0.3) is 14.4 Å². The van der Waals surface area contributed by atoms with Crippen LogP contribution in [0.1, 0.15) is 62.6 Å². The maximum absolute atomic E-state index is 13.4. The second-order valence-corrected chi connectivity index (χ2v) is 22.5. The van der Waals surface area contributed by atoms with Gasteiger partial charge in [0.15, 0.2) is 39.7 Å². The minimum atomic E-state index is -3.72. The Morgan fingerprint density at radius 2 is 1.42 bits per heavy atom. The summed E-state index contributed by atoms with van der Waals surface area (Å²) in [5, 5.41) is 12.5. The molecule has 0 aliphatic carbocycles. The lowest BCUT2D eigenvalue weighted by Crippen LogP contribution is -2.43. The Balaban J connectivity index is 1.21. The summed E-state index contributed by atoms with van der Waals surface area (Å²) in [4.78, 5) is 27.2. The minimum absolute atomic E-state index is 0.0699. The summed E-state index contributed by atoms with van der Waals surface area (Å²) in [6, 6.07) is 42.7. The average Bonchev–Trinajstić information content (AvgIpc) is 4.31. The Morgan fingerprint density at radius 1 is 0.797 bits per heavy atom. The van der Waals surface area contributed by atoms with Crippen LogP contribution >= 0.6 is 8.53 Å². The number of imidazole rings is 1. The third-order valence-electron chi connectivity index (χ3n) is 13.0. The van der Waals surface area contributed by atoms with Crippen molar-refractivity contribution in [3.8, 4) is 23.3 Å². The Labute approximate surface area is 462 Å². The van der Waals surface area contributed by atoms with E-state index in [-0.39, 0.29) is 72.6 Å². The standard InChI is InChI=1S/C58H66N7O12PS/c1-40(2)65(41(3)4)78(75-32-14-31-59)77-53-50(35-74-58(43-15-10-8-11-16-43,44-21-25-46(69-6)26-22-44)45-23-27-47(70-7)28-24-45)76-57(54(53)73-39-71-33-34-79(67,68)49-29-19-42(5)20-30-49)64-38-62-52-55(60-37-61-56(52)64)63-51(66)36-72-48-17-12-9-13-18-48/h8-13,15-30,37-38,40-41,50,53-54,57H,14,32-36,39H2,1-7H3,(H,60,61,63,66)/t50-,53-,54-,57-,78?/m1/s1. The molecule has 1 saturated heterocycles. The van der Waals surface area contributed by atoms with Crippen molar-refractivity contribution in [1.29, 1.82) is 5.26 Å². The molecule has 2 aromatic heterocycles. The zero-order valence-electron chi connectivity index (χ0n) is 45.2. The summed E-state index contributed by atoms with van der Waals surface area (Å²) in [6.45, 7) is 9.05. The molecule has 1 N–H and O–H groups in total. The first-order chi connectivity index (χ1) is 38.3. The molecule has 416 valence electrons. The van der Waals surface area contributed by atoms with Gasteiger partial charge in [0.1, 0.15) is 54.3 Å². The molecule has 21 heteroatoms. The molecule has 7 aromatic rings. The molecule has 0 bridgehead atoms. The summed E-state index contributed by atoms with van der Waals surface area (Å²) in [5.74, 6) is 1.14. The number of aryl methyl sites for hydroxylation is 1. The van der Waals surface area contributed by atoms with Gasteiger partial charge in [-0.25, -0.2) is 28.0 Å². The smallest absolute Gasteiger partial charge is 0.263 e. The number of hydrogen-bond acceptors (Lipinski definition) is 17. The number of nitriles is 1. The number of fused-ring (bicyclic) bond motifs is 1. The number of para-hydroxylation sites is 1. The van der Waals surface area contributed by atoms with Crippen molar-refractivity contribution in [2.24, 2.45) is 0 Å². The highest BCUT2D eigenvalue weighted by Gasteiger charge is 2.52. The van der Waals surface area contributed by atoms with Gasteiger partial charge in [0, 0.05) is 12.1 Å². The van der Waals surface area contributed by atoms with Crippen LogP contribution in [0.3, 0.4) is 0 Å². The van der Waals surface area contributed by atoms with Crippen LogP contribution in [0.4, 0.5) is 5.82 Å². The van der Waals surface area contributed by atoms with E-state index in [0.29, 0.717) is 17.2 Å². The van der Waals surface area contributed by atoms with Crippen LogP contribution in [-0.4, -0.2) is 122 Å². The van der Waals surface area contributed by atoms with Gasteiger partial charge in [-0.3, -0.25) is 9.36 Å². The molecular formula is C58H66N7O12PS. The van der Waals surface area contributed by atoms with Gasteiger partial charge in [-0.2, -0.15) is 5.26 Å². The first kappa shape index (κ1) is 58.3. The number of carbonyl (C=O) groups excluding carboxylic acids is 1. The van der Waals surface area contributed by atoms with E-state index in [1.54, 1.807) is 67.3 Å². The second kappa shape index (κ2) is 27.3. The van der Waals surface area contributed by atoms with Crippen LogP contribution in [0.25, 0.3) is 11.2 Å². The molecule has 5 aromatic carbocycles. The highest BCUT2D eigenvalue weighted by Crippen LogP contribution is 2.52. The number of carbonyl (C=O) groups is 1. The van der Waals surface area contributed by atoms with Crippen molar-refractivity contribution in [3.05, 3.63) is 168 Å². The molecule has 0 saturated carbocycles.